The first-order valence-corrected chi connectivity index (χ1v) is 6.81. The predicted octanol–water partition coefficient (Wildman–Crippen LogP) is 2.05. The van der Waals surface area contributed by atoms with Gasteiger partial charge in [0.15, 0.2) is 0 Å². The van der Waals surface area contributed by atoms with Crippen LogP contribution in [0.2, 0.25) is 0 Å². The van der Waals surface area contributed by atoms with Crippen LogP contribution in [0, 0.1) is 0 Å². The third-order valence-corrected chi connectivity index (χ3v) is 3.72. The first-order valence-electron chi connectivity index (χ1n) is 6.81. The smallest absolute Gasteiger partial charge is 0.0906 e. The van der Waals surface area contributed by atoms with Crippen LogP contribution in [-0.4, -0.2) is 33.8 Å². The highest BCUT2D eigenvalue weighted by atomic mass is 16.4. The highest BCUT2D eigenvalue weighted by Gasteiger charge is 2.21. The van der Waals surface area contributed by atoms with Crippen LogP contribution < -0.4 is 4.90 Å². The summed E-state index contributed by atoms with van der Waals surface area (Å²) in [6.45, 7) is 1.83. The molecule has 0 bridgehead atoms. The van der Waals surface area contributed by atoms with Crippen molar-refractivity contribution in [3.63, 3.8) is 0 Å². The molecule has 104 valence electrons. The molecule has 3 rings (SSSR count). The number of hydrogen-bond donors (Lipinski definition) is 1. The quantitative estimate of drug-likeness (QED) is 0.686. The number of aryl methyl sites for hydroxylation is 1. The number of para-hydroxylation sites is 1. The van der Waals surface area contributed by atoms with Crippen LogP contribution in [0.5, 0.6) is 0 Å². The molecule has 0 spiro atoms. The third kappa shape index (κ3) is 2.39. The molecule has 1 aromatic heterocycles. The van der Waals surface area contributed by atoms with E-state index in [-0.39, 0.29) is 0 Å². The summed E-state index contributed by atoms with van der Waals surface area (Å²) in [6, 6.07) is 8.11. The van der Waals surface area contributed by atoms with Crippen molar-refractivity contribution in [1.82, 2.24) is 9.78 Å². The van der Waals surface area contributed by atoms with Gasteiger partial charge in [-0.15, -0.1) is 0 Å². The van der Waals surface area contributed by atoms with Gasteiger partial charge in [0.1, 0.15) is 0 Å². The summed E-state index contributed by atoms with van der Waals surface area (Å²) in [4.78, 5) is 2.34. The highest BCUT2D eigenvalue weighted by Crippen LogP contribution is 2.27. The molecule has 5 heteroatoms. The molecule has 0 saturated heterocycles. The van der Waals surface area contributed by atoms with E-state index in [1.807, 2.05) is 36.1 Å². The summed E-state index contributed by atoms with van der Waals surface area (Å²) in [5.41, 5.74) is 4.20. The molecule has 1 aliphatic heterocycles. The first kappa shape index (κ1) is 12.7. The molecule has 0 saturated carbocycles. The second-order valence-electron chi connectivity index (χ2n) is 5.07. The van der Waals surface area contributed by atoms with Gasteiger partial charge in [-0.1, -0.05) is 23.4 Å². The standard InChI is InChI=1S/C15H18N4O/c1-18-11-12(10-16-18)6-8-19-9-7-14(17-20)13-4-2-3-5-15(13)19/h2-5,10-11,20H,6-9H2,1H3/b17-14-. The van der Waals surface area contributed by atoms with E-state index < -0.39 is 0 Å². The van der Waals surface area contributed by atoms with Crippen molar-refractivity contribution in [3.05, 3.63) is 47.8 Å². The Balaban J connectivity index is 1.78. The molecule has 0 amide bonds. The second kappa shape index (κ2) is 5.36. The zero-order chi connectivity index (χ0) is 13.9. The summed E-state index contributed by atoms with van der Waals surface area (Å²) >= 11 is 0. The Hall–Kier alpha value is -2.30. The lowest BCUT2D eigenvalue weighted by atomic mass is 9.99. The maximum absolute atomic E-state index is 9.09. The van der Waals surface area contributed by atoms with E-state index in [2.05, 4.69) is 27.4 Å². The number of nitrogens with zero attached hydrogens (tertiary/aromatic N) is 4. The average Bonchev–Trinajstić information content (AvgIpc) is 2.90. The topological polar surface area (TPSA) is 53.7 Å². The molecule has 2 aromatic rings. The number of rotatable bonds is 3. The minimum absolute atomic E-state index is 0.776. The molecule has 0 unspecified atom stereocenters. The SMILES string of the molecule is Cn1cc(CCN2CC/C(=N/O)c3ccccc32)cn1. The lowest BCUT2D eigenvalue weighted by Gasteiger charge is -2.31. The van der Waals surface area contributed by atoms with E-state index in [0.29, 0.717) is 0 Å². The van der Waals surface area contributed by atoms with Gasteiger partial charge in [-0.05, 0) is 18.1 Å². The van der Waals surface area contributed by atoms with E-state index in [1.54, 1.807) is 0 Å². The molecule has 1 N–H and O–H groups in total. The Morgan fingerprint density at radius 1 is 1.35 bits per heavy atom. The normalized spacial score (nSPS) is 16.4. The second-order valence-corrected chi connectivity index (χ2v) is 5.07. The van der Waals surface area contributed by atoms with Gasteiger partial charge in [0, 0.05) is 44.0 Å². The molecule has 1 aromatic carbocycles. The average molecular weight is 270 g/mol. The fourth-order valence-corrected chi connectivity index (χ4v) is 2.69. The summed E-state index contributed by atoms with van der Waals surface area (Å²) in [7, 11) is 1.93. The molecule has 0 fully saturated rings. The van der Waals surface area contributed by atoms with Gasteiger partial charge >= 0.3 is 0 Å². The molecule has 20 heavy (non-hydrogen) atoms. The van der Waals surface area contributed by atoms with Crippen LogP contribution in [0.1, 0.15) is 17.5 Å². The van der Waals surface area contributed by atoms with E-state index in [4.69, 9.17) is 5.21 Å². The van der Waals surface area contributed by atoms with Crippen LogP contribution in [0.3, 0.4) is 0 Å². The van der Waals surface area contributed by atoms with E-state index in [9.17, 15) is 0 Å². The first-order chi connectivity index (χ1) is 9.78. The van der Waals surface area contributed by atoms with Gasteiger partial charge in [0.05, 0.1) is 11.9 Å². The monoisotopic (exact) mass is 270 g/mol. The molecule has 1 aliphatic rings. The van der Waals surface area contributed by atoms with Crippen molar-refractivity contribution in [2.75, 3.05) is 18.0 Å². The lowest BCUT2D eigenvalue weighted by Crippen LogP contribution is -2.34. The molecular formula is C15H18N4O. The van der Waals surface area contributed by atoms with Crippen LogP contribution in [-0.2, 0) is 13.5 Å². The third-order valence-electron chi connectivity index (χ3n) is 3.72. The van der Waals surface area contributed by atoms with Crippen molar-refractivity contribution >= 4 is 11.4 Å². The zero-order valence-corrected chi connectivity index (χ0v) is 11.5. The maximum Gasteiger partial charge on any atom is 0.0906 e. The Morgan fingerprint density at radius 2 is 2.20 bits per heavy atom. The van der Waals surface area contributed by atoms with Gasteiger partial charge < -0.3 is 10.1 Å². The maximum atomic E-state index is 9.09. The van der Waals surface area contributed by atoms with Crippen molar-refractivity contribution in [1.29, 1.82) is 0 Å². The van der Waals surface area contributed by atoms with Crippen molar-refractivity contribution in [2.45, 2.75) is 12.8 Å². The molecule has 0 radical (unpaired) electrons. The van der Waals surface area contributed by atoms with Crippen LogP contribution in [0.25, 0.3) is 0 Å². The van der Waals surface area contributed by atoms with E-state index in [1.165, 1.54) is 5.56 Å². The van der Waals surface area contributed by atoms with E-state index >= 15 is 0 Å². The highest BCUT2D eigenvalue weighted by molar-refractivity contribution is 6.06. The lowest BCUT2D eigenvalue weighted by molar-refractivity contribution is 0.318. The van der Waals surface area contributed by atoms with E-state index in [0.717, 1.165) is 42.9 Å². The summed E-state index contributed by atoms with van der Waals surface area (Å²) in [6.07, 6.45) is 5.71. The minimum Gasteiger partial charge on any atom is -0.411 e. The number of anilines is 1. The number of fused-ring (bicyclic) bond motifs is 1. The number of hydrogen-bond acceptors (Lipinski definition) is 4. The van der Waals surface area contributed by atoms with Gasteiger partial charge in [-0.25, -0.2) is 0 Å². The van der Waals surface area contributed by atoms with Crippen LogP contribution in [0.4, 0.5) is 5.69 Å². The fourth-order valence-electron chi connectivity index (χ4n) is 2.69. The molecule has 0 atom stereocenters. The molecule has 5 nitrogen and oxygen atoms in total. The molecular weight excluding hydrogens is 252 g/mol. The van der Waals surface area contributed by atoms with Gasteiger partial charge in [0.2, 0.25) is 0 Å². The largest absolute Gasteiger partial charge is 0.411 e. The van der Waals surface area contributed by atoms with Crippen molar-refractivity contribution in [2.24, 2.45) is 12.2 Å². The Morgan fingerprint density at radius 3 is 2.95 bits per heavy atom. The van der Waals surface area contributed by atoms with Gasteiger partial charge in [-0.3, -0.25) is 4.68 Å². The number of aromatic nitrogens is 2. The number of oxime groups is 1. The Bertz CT molecular complexity index is 632. The fraction of sp³-hybridized carbons (Fsp3) is 0.333. The van der Waals surface area contributed by atoms with Crippen LogP contribution in [0.15, 0.2) is 41.8 Å². The number of benzene rings is 1. The van der Waals surface area contributed by atoms with Crippen molar-refractivity contribution < 1.29 is 5.21 Å². The molecule has 2 heterocycles. The van der Waals surface area contributed by atoms with Crippen molar-refractivity contribution in [3.8, 4) is 0 Å². The predicted molar refractivity (Wildman–Crippen MR) is 78.5 cm³/mol. The molecule has 0 aliphatic carbocycles. The summed E-state index contributed by atoms with van der Waals surface area (Å²) < 4.78 is 1.83. The van der Waals surface area contributed by atoms with Gasteiger partial charge in [-0.2, -0.15) is 5.10 Å². The minimum atomic E-state index is 0.776. The zero-order valence-electron chi connectivity index (χ0n) is 11.5. The Labute approximate surface area is 118 Å². The summed E-state index contributed by atoms with van der Waals surface area (Å²) in [5.74, 6) is 0. The summed E-state index contributed by atoms with van der Waals surface area (Å²) in [5, 5.41) is 16.7. The van der Waals surface area contributed by atoms with Gasteiger partial charge in [0.25, 0.3) is 0 Å². The van der Waals surface area contributed by atoms with Crippen LogP contribution >= 0.6 is 0 Å². The Kier molecular flexibility index (Phi) is 3.41.